The first kappa shape index (κ1) is 15.5. The summed E-state index contributed by atoms with van der Waals surface area (Å²) in [5, 5.41) is 3.98. The van der Waals surface area contributed by atoms with Crippen LogP contribution in [0.25, 0.3) is 0 Å². The lowest BCUT2D eigenvalue weighted by atomic mass is 10.2. The first-order chi connectivity index (χ1) is 9.70. The monoisotopic (exact) mass is 296 g/mol. The van der Waals surface area contributed by atoms with Crippen molar-refractivity contribution in [2.45, 2.75) is 46.0 Å². The van der Waals surface area contributed by atoms with Crippen molar-refractivity contribution < 1.29 is 0 Å². The van der Waals surface area contributed by atoms with Crippen LogP contribution in [0, 0.1) is 6.92 Å². The number of rotatable bonds is 5. The Bertz CT molecular complexity index is 428. The molecule has 20 heavy (non-hydrogen) atoms. The van der Waals surface area contributed by atoms with Gasteiger partial charge in [0.2, 0.25) is 0 Å². The Balaban J connectivity index is 1.88. The SMILES string of the molecule is CCc1nc(Cl)c(C)c(NCCN2CCCCCC2)n1. The Morgan fingerprint density at radius 3 is 2.50 bits per heavy atom. The smallest absolute Gasteiger partial charge is 0.137 e. The minimum atomic E-state index is 0.564. The van der Waals surface area contributed by atoms with Gasteiger partial charge in [-0.1, -0.05) is 31.4 Å². The summed E-state index contributed by atoms with van der Waals surface area (Å²) in [6.07, 6.45) is 6.23. The maximum absolute atomic E-state index is 6.15. The molecule has 5 heteroatoms. The van der Waals surface area contributed by atoms with Crippen LogP contribution in [0.2, 0.25) is 5.15 Å². The van der Waals surface area contributed by atoms with Gasteiger partial charge in [-0.3, -0.25) is 0 Å². The molecule has 0 unspecified atom stereocenters. The Morgan fingerprint density at radius 1 is 1.15 bits per heavy atom. The van der Waals surface area contributed by atoms with Crippen molar-refractivity contribution in [1.29, 1.82) is 0 Å². The number of hydrogen-bond donors (Lipinski definition) is 1. The molecular weight excluding hydrogens is 272 g/mol. The molecule has 1 aliphatic rings. The molecule has 0 bridgehead atoms. The summed E-state index contributed by atoms with van der Waals surface area (Å²) in [7, 11) is 0. The van der Waals surface area contributed by atoms with Gasteiger partial charge in [0.15, 0.2) is 0 Å². The van der Waals surface area contributed by atoms with Crippen molar-refractivity contribution in [2.24, 2.45) is 0 Å². The molecule has 0 aromatic carbocycles. The lowest BCUT2D eigenvalue weighted by Gasteiger charge is -2.20. The van der Waals surface area contributed by atoms with Crippen LogP contribution in [0.15, 0.2) is 0 Å². The second-order valence-electron chi connectivity index (χ2n) is 5.44. The Morgan fingerprint density at radius 2 is 1.85 bits per heavy atom. The summed E-state index contributed by atoms with van der Waals surface area (Å²) in [6, 6.07) is 0. The molecule has 0 amide bonds. The first-order valence-electron chi connectivity index (χ1n) is 7.70. The highest BCUT2D eigenvalue weighted by molar-refractivity contribution is 6.30. The highest BCUT2D eigenvalue weighted by Crippen LogP contribution is 2.20. The zero-order valence-electron chi connectivity index (χ0n) is 12.6. The fourth-order valence-electron chi connectivity index (χ4n) is 2.56. The van der Waals surface area contributed by atoms with Crippen LogP contribution < -0.4 is 5.32 Å². The molecule has 1 fully saturated rings. The van der Waals surface area contributed by atoms with E-state index in [0.29, 0.717) is 5.15 Å². The average Bonchev–Trinajstić information content (AvgIpc) is 2.72. The zero-order valence-corrected chi connectivity index (χ0v) is 13.3. The van der Waals surface area contributed by atoms with E-state index < -0.39 is 0 Å². The molecule has 0 saturated carbocycles. The summed E-state index contributed by atoms with van der Waals surface area (Å²) in [4.78, 5) is 11.3. The van der Waals surface area contributed by atoms with Crippen molar-refractivity contribution in [3.63, 3.8) is 0 Å². The highest BCUT2D eigenvalue weighted by atomic mass is 35.5. The summed E-state index contributed by atoms with van der Waals surface area (Å²) >= 11 is 6.15. The predicted molar refractivity (Wildman–Crippen MR) is 84.6 cm³/mol. The van der Waals surface area contributed by atoms with Crippen LogP contribution in [-0.2, 0) is 6.42 Å². The van der Waals surface area contributed by atoms with E-state index in [2.05, 4.69) is 20.2 Å². The van der Waals surface area contributed by atoms with Gasteiger partial charge in [0, 0.05) is 25.1 Å². The molecule has 1 N–H and O–H groups in total. The van der Waals surface area contributed by atoms with Gasteiger partial charge in [-0.15, -0.1) is 0 Å². The van der Waals surface area contributed by atoms with E-state index in [9.17, 15) is 0 Å². The third kappa shape index (κ3) is 4.32. The largest absolute Gasteiger partial charge is 0.368 e. The second-order valence-corrected chi connectivity index (χ2v) is 5.80. The number of aryl methyl sites for hydroxylation is 1. The molecule has 0 radical (unpaired) electrons. The number of aromatic nitrogens is 2. The fourth-order valence-corrected chi connectivity index (χ4v) is 2.74. The van der Waals surface area contributed by atoms with E-state index in [1.807, 2.05) is 13.8 Å². The van der Waals surface area contributed by atoms with Gasteiger partial charge in [0.1, 0.15) is 16.8 Å². The summed E-state index contributed by atoms with van der Waals surface area (Å²) in [6.45, 7) is 8.45. The molecule has 0 atom stereocenters. The van der Waals surface area contributed by atoms with Gasteiger partial charge in [-0.05, 0) is 32.9 Å². The minimum Gasteiger partial charge on any atom is -0.368 e. The number of halogens is 1. The molecule has 4 nitrogen and oxygen atoms in total. The molecule has 112 valence electrons. The van der Waals surface area contributed by atoms with Gasteiger partial charge in [-0.25, -0.2) is 9.97 Å². The van der Waals surface area contributed by atoms with Gasteiger partial charge in [0.25, 0.3) is 0 Å². The Hall–Kier alpha value is -0.870. The summed E-state index contributed by atoms with van der Waals surface area (Å²) in [5.41, 5.74) is 0.944. The molecule has 0 spiro atoms. The predicted octanol–water partition coefficient (Wildman–Crippen LogP) is 3.29. The van der Waals surface area contributed by atoms with Gasteiger partial charge in [-0.2, -0.15) is 0 Å². The molecular formula is C15H25ClN4. The van der Waals surface area contributed by atoms with E-state index in [1.165, 1.54) is 38.8 Å². The number of nitrogens with one attached hydrogen (secondary N) is 1. The van der Waals surface area contributed by atoms with Crippen molar-refractivity contribution in [1.82, 2.24) is 14.9 Å². The van der Waals surface area contributed by atoms with Gasteiger partial charge >= 0.3 is 0 Å². The normalized spacial score (nSPS) is 16.9. The third-order valence-electron chi connectivity index (χ3n) is 3.87. The van der Waals surface area contributed by atoms with Gasteiger partial charge in [0.05, 0.1) is 0 Å². The van der Waals surface area contributed by atoms with Crippen LogP contribution in [0.4, 0.5) is 5.82 Å². The van der Waals surface area contributed by atoms with Gasteiger partial charge < -0.3 is 10.2 Å². The van der Waals surface area contributed by atoms with Crippen molar-refractivity contribution in [3.05, 3.63) is 16.5 Å². The molecule has 1 aromatic heterocycles. The number of likely N-dealkylation sites (tertiary alicyclic amines) is 1. The van der Waals surface area contributed by atoms with Crippen LogP contribution >= 0.6 is 11.6 Å². The number of hydrogen-bond acceptors (Lipinski definition) is 4. The quantitative estimate of drug-likeness (QED) is 0.847. The molecule has 1 aromatic rings. The molecule has 0 aliphatic carbocycles. The molecule has 2 rings (SSSR count). The maximum atomic E-state index is 6.15. The van der Waals surface area contributed by atoms with E-state index >= 15 is 0 Å². The molecule has 1 saturated heterocycles. The van der Waals surface area contributed by atoms with Crippen molar-refractivity contribution >= 4 is 17.4 Å². The topological polar surface area (TPSA) is 41.1 Å². The molecule has 1 aliphatic heterocycles. The zero-order chi connectivity index (χ0) is 14.4. The van der Waals surface area contributed by atoms with E-state index in [4.69, 9.17) is 11.6 Å². The lowest BCUT2D eigenvalue weighted by Crippen LogP contribution is -2.30. The number of anilines is 1. The van der Waals surface area contributed by atoms with Crippen LogP contribution in [0.5, 0.6) is 0 Å². The van der Waals surface area contributed by atoms with Crippen LogP contribution in [0.1, 0.15) is 44.0 Å². The summed E-state index contributed by atoms with van der Waals surface area (Å²) in [5.74, 6) is 1.69. The van der Waals surface area contributed by atoms with E-state index in [0.717, 1.165) is 36.7 Å². The third-order valence-corrected chi connectivity index (χ3v) is 4.24. The first-order valence-corrected chi connectivity index (χ1v) is 8.07. The maximum Gasteiger partial charge on any atom is 0.137 e. The van der Waals surface area contributed by atoms with E-state index in [-0.39, 0.29) is 0 Å². The molecule has 2 heterocycles. The Labute approximate surface area is 126 Å². The van der Waals surface area contributed by atoms with Crippen molar-refractivity contribution in [3.8, 4) is 0 Å². The highest BCUT2D eigenvalue weighted by Gasteiger charge is 2.10. The second kappa shape index (κ2) is 7.79. The fraction of sp³-hybridized carbons (Fsp3) is 0.733. The van der Waals surface area contributed by atoms with Crippen LogP contribution in [-0.4, -0.2) is 41.0 Å². The lowest BCUT2D eigenvalue weighted by molar-refractivity contribution is 0.296. The van der Waals surface area contributed by atoms with Crippen LogP contribution in [0.3, 0.4) is 0 Å². The number of nitrogens with zero attached hydrogens (tertiary/aromatic N) is 3. The Kier molecular flexibility index (Phi) is 6.05. The minimum absolute atomic E-state index is 0.564. The summed E-state index contributed by atoms with van der Waals surface area (Å²) < 4.78 is 0. The standard InChI is InChI=1S/C15H25ClN4/c1-3-13-18-14(16)12(2)15(19-13)17-8-11-20-9-6-4-5-7-10-20/h3-11H2,1-2H3,(H,17,18,19). The average molecular weight is 297 g/mol. The van der Waals surface area contributed by atoms with E-state index in [1.54, 1.807) is 0 Å². The van der Waals surface area contributed by atoms with Crippen molar-refractivity contribution in [2.75, 3.05) is 31.5 Å².